The van der Waals surface area contributed by atoms with E-state index in [1.807, 2.05) is 0 Å². The van der Waals surface area contributed by atoms with Crippen molar-refractivity contribution in [1.82, 2.24) is 0 Å². The number of ketones is 1. The van der Waals surface area contributed by atoms with Crippen molar-refractivity contribution in [3.8, 4) is 5.75 Å². The topological polar surface area (TPSA) is 71.4 Å². The van der Waals surface area contributed by atoms with Gasteiger partial charge < -0.3 is 5.11 Å². The van der Waals surface area contributed by atoms with Crippen molar-refractivity contribution in [2.75, 3.05) is 0 Å². The molecule has 1 N–H and O–H groups in total. The highest BCUT2D eigenvalue weighted by molar-refractivity contribution is 7.94. The van der Waals surface area contributed by atoms with E-state index in [1.165, 1.54) is 25.1 Å². The molecule has 0 bridgehead atoms. The Hall–Kier alpha value is -1.36. The number of phenols is 1. The highest BCUT2D eigenvalue weighted by Gasteiger charge is 2.59. The van der Waals surface area contributed by atoms with Gasteiger partial charge in [0, 0.05) is 0 Å². The molecule has 1 aliphatic rings. The molecule has 1 fully saturated rings. The maximum Gasteiger partial charge on any atom is 0.194 e. The van der Waals surface area contributed by atoms with Crippen LogP contribution in [-0.4, -0.2) is 24.1 Å². The van der Waals surface area contributed by atoms with E-state index in [4.69, 9.17) is 0 Å². The minimum absolute atomic E-state index is 0.150. The van der Waals surface area contributed by atoms with E-state index in [1.54, 1.807) is 6.07 Å². The van der Waals surface area contributed by atoms with E-state index in [-0.39, 0.29) is 16.4 Å². The van der Waals surface area contributed by atoms with Crippen molar-refractivity contribution in [1.29, 1.82) is 0 Å². The standard InChI is InChI=1S/C11H12O4S/c1-8(12)11(6-7-11)16(14,15)10-5-3-2-4-9(10)13/h2-5,13H,6-7H2,1H3. The van der Waals surface area contributed by atoms with Crippen molar-refractivity contribution in [2.45, 2.75) is 29.4 Å². The first-order valence-electron chi connectivity index (χ1n) is 4.95. The Labute approximate surface area is 93.8 Å². The van der Waals surface area contributed by atoms with Gasteiger partial charge in [-0.3, -0.25) is 4.79 Å². The third kappa shape index (κ3) is 1.35. The number of benzene rings is 1. The number of rotatable bonds is 3. The van der Waals surface area contributed by atoms with Crippen molar-refractivity contribution >= 4 is 15.6 Å². The summed E-state index contributed by atoms with van der Waals surface area (Å²) in [5, 5.41) is 9.53. The summed E-state index contributed by atoms with van der Waals surface area (Å²) in [6.07, 6.45) is 0.692. The van der Waals surface area contributed by atoms with Gasteiger partial charge in [-0.25, -0.2) is 8.42 Å². The minimum Gasteiger partial charge on any atom is -0.507 e. The van der Waals surface area contributed by atoms with E-state index in [0.717, 1.165) is 0 Å². The molecule has 0 unspecified atom stereocenters. The first kappa shape index (κ1) is 11.1. The van der Waals surface area contributed by atoms with Crippen LogP contribution < -0.4 is 0 Å². The molecule has 1 aromatic rings. The van der Waals surface area contributed by atoms with Gasteiger partial charge in [-0.05, 0) is 31.9 Å². The number of sulfone groups is 1. The van der Waals surface area contributed by atoms with Gasteiger partial charge in [0.1, 0.15) is 15.4 Å². The third-order valence-corrected chi connectivity index (χ3v) is 5.66. The Kier molecular flexibility index (Phi) is 2.31. The maximum atomic E-state index is 12.2. The fourth-order valence-electron chi connectivity index (χ4n) is 1.82. The van der Waals surface area contributed by atoms with E-state index in [2.05, 4.69) is 0 Å². The smallest absolute Gasteiger partial charge is 0.194 e. The number of para-hydroxylation sites is 1. The predicted molar refractivity (Wildman–Crippen MR) is 57.9 cm³/mol. The van der Waals surface area contributed by atoms with Gasteiger partial charge in [-0.1, -0.05) is 12.1 Å². The summed E-state index contributed by atoms with van der Waals surface area (Å²) in [6.45, 7) is 1.28. The molecule has 0 saturated heterocycles. The van der Waals surface area contributed by atoms with Gasteiger partial charge >= 0.3 is 0 Å². The Morgan fingerprint density at radius 2 is 1.88 bits per heavy atom. The second-order valence-corrected chi connectivity index (χ2v) is 6.25. The van der Waals surface area contributed by atoms with Gasteiger partial charge in [0.25, 0.3) is 0 Å². The highest BCUT2D eigenvalue weighted by Crippen LogP contribution is 2.48. The third-order valence-electron chi connectivity index (χ3n) is 3.01. The molecule has 0 spiro atoms. The fourth-order valence-corrected chi connectivity index (χ4v) is 3.86. The zero-order valence-electron chi connectivity index (χ0n) is 8.80. The zero-order valence-corrected chi connectivity index (χ0v) is 9.62. The van der Waals surface area contributed by atoms with E-state index in [9.17, 15) is 18.3 Å². The zero-order chi connectivity index (χ0) is 12.0. The van der Waals surface area contributed by atoms with Crippen LogP contribution in [0.5, 0.6) is 5.75 Å². The molecule has 0 radical (unpaired) electrons. The van der Waals surface area contributed by atoms with E-state index < -0.39 is 14.6 Å². The van der Waals surface area contributed by atoms with Gasteiger partial charge in [0.05, 0.1) is 0 Å². The monoisotopic (exact) mass is 240 g/mol. The largest absolute Gasteiger partial charge is 0.507 e. The molecule has 1 saturated carbocycles. The van der Waals surface area contributed by atoms with Crippen LogP contribution in [0.15, 0.2) is 29.2 Å². The molecule has 86 valence electrons. The Morgan fingerprint density at radius 1 is 1.31 bits per heavy atom. The molecule has 0 aliphatic heterocycles. The van der Waals surface area contributed by atoms with E-state index in [0.29, 0.717) is 12.8 Å². The number of aromatic hydroxyl groups is 1. The number of hydrogen-bond donors (Lipinski definition) is 1. The van der Waals surface area contributed by atoms with Crippen LogP contribution in [-0.2, 0) is 14.6 Å². The minimum atomic E-state index is -3.76. The summed E-state index contributed by atoms with van der Waals surface area (Å²) in [7, 11) is -3.76. The van der Waals surface area contributed by atoms with Crippen LogP contribution in [0.25, 0.3) is 0 Å². The molecule has 5 heteroatoms. The summed E-state index contributed by atoms with van der Waals surface area (Å²) in [5.41, 5.74) is 0. The van der Waals surface area contributed by atoms with Crippen molar-refractivity contribution in [3.63, 3.8) is 0 Å². The second kappa shape index (κ2) is 3.31. The molecule has 0 aromatic heterocycles. The molecule has 2 rings (SSSR count). The van der Waals surface area contributed by atoms with Crippen LogP contribution in [0.2, 0.25) is 0 Å². The molecule has 0 amide bonds. The summed E-state index contributed by atoms with van der Waals surface area (Å²) in [6, 6.07) is 5.71. The van der Waals surface area contributed by atoms with Crippen molar-refractivity contribution in [2.24, 2.45) is 0 Å². The maximum absolute atomic E-state index is 12.2. The summed E-state index contributed by atoms with van der Waals surface area (Å²) >= 11 is 0. The highest BCUT2D eigenvalue weighted by atomic mass is 32.2. The average Bonchev–Trinajstić information content (AvgIpc) is 2.98. The van der Waals surface area contributed by atoms with Gasteiger partial charge in [-0.15, -0.1) is 0 Å². The molecule has 0 heterocycles. The van der Waals surface area contributed by atoms with Crippen LogP contribution in [0, 0.1) is 0 Å². The van der Waals surface area contributed by atoms with Gasteiger partial charge in [-0.2, -0.15) is 0 Å². The lowest BCUT2D eigenvalue weighted by Crippen LogP contribution is -2.30. The van der Waals surface area contributed by atoms with E-state index >= 15 is 0 Å². The van der Waals surface area contributed by atoms with Gasteiger partial charge in [0.2, 0.25) is 0 Å². The SMILES string of the molecule is CC(=O)C1(S(=O)(=O)c2ccccc2O)CC1. The number of Topliss-reactive ketones (excluding diaryl/α,β-unsaturated/α-hetero) is 1. The summed E-state index contributed by atoms with van der Waals surface area (Å²) in [5.74, 6) is -0.647. The van der Waals surface area contributed by atoms with Crippen LogP contribution >= 0.6 is 0 Å². The number of carbonyl (C=O) groups excluding carboxylic acids is 1. The molecular weight excluding hydrogens is 228 g/mol. The summed E-state index contributed by atoms with van der Waals surface area (Å²) in [4.78, 5) is 11.2. The second-order valence-electron chi connectivity index (χ2n) is 4.02. The molecule has 16 heavy (non-hydrogen) atoms. The Balaban J connectivity index is 2.57. The molecule has 0 atom stereocenters. The van der Waals surface area contributed by atoms with Crippen molar-refractivity contribution in [3.05, 3.63) is 24.3 Å². The summed E-state index contributed by atoms with van der Waals surface area (Å²) < 4.78 is 23.1. The van der Waals surface area contributed by atoms with Crippen LogP contribution in [0.3, 0.4) is 0 Å². The lowest BCUT2D eigenvalue weighted by atomic mass is 10.3. The quantitative estimate of drug-likeness (QED) is 0.864. The molecule has 1 aliphatic carbocycles. The molecular formula is C11H12O4S. The fraction of sp³-hybridized carbons (Fsp3) is 0.364. The van der Waals surface area contributed by atoms with Crippen LogP contribution in [0.4, 0.5) is 0 Å². The van der Waals surface area contributed by atoms with Crippen LogP contribution in [0.1, 0.15) is 19.8 Å². The number of hydrogen-bond acceptors (Lipinski definition) is 4. The number of carbonyl (C=O) groups is 1. The first-order chi connectivity index (χ1) is 7.42. The van der Waals surface area contributed by atoms with Gasteiger partial charge in [0.15, 0.2) is 15.6 Å². The molecule has 1 aromatic carbocycles. The lowest BCUT2D eigenvalue weighted by Gasteiger charge is -2.13. The average molecular weight is 240 g/mol. The Bertz CT molecular complexity index is 541. The first-order valence-corrected chi connectivity index (χ1v) is 6.44. The normalized spacial score (nSPS) is 18.1. The lowest BCUT2D eigenvalue weighted by molar-refractivity contribution is -0.117. The molecule has 4 nitrogen and oxygen atoms in total. The number of phenolic OH excluding ortho intramolecular Hbond substituents is 1. The van der Waals surface area contributed by atoms with Crippen molar-refractivity contribution < 1.29 is 18.3 Å². The predicted octanol–water partition coefficient (Wildman–Crippen LogP) is 1.29. The Morgan fingerprint density at radius 3 is 2.31 bits per heavy atom.